The van der Waals surface area contributed by atoms with Crippen molar-refractivity contribution in [3.05, 3.63) is 24.3 Å². The first-order valence-electron chi connectivity index (χ1n) is 7.81. The quantitative estimate of drug-likeness (QED) is 0.596. The molecule has 1 aromatic carbocycles. The number of nitrogens with zero attached hydrogens (tertiary/aromatic N) is 1. The number of carbonyl (C=O) groups is 3. The number of aliphatic carboxylic acids is 1. The number of carbonyl (C=O) groups excluding carboxylic acids is 2. The Hall–Kier alpha value is -2.46. The molecule has 26 heavy (non-hydrogen) atoms. The number of amides is 2. The van der Waals surface area contributed by atoms with Gasteiger partial charge >= 0.3 is 5.97 Å². The molecule has 0 spiro atoms. The molecule has 0 fully saturated rings. The van der Waals surface area contributed by atoms with Crippen LogP contribution < -0.4 is 10.6 Å². The maximum absolute atomic E-state index is 12.5. The smallest absolute Gasteiger partial charge is 0.326 e. The van der Waals surface area contributed by atoms with Gasteiger partial charge in [-0.15, -0.1) is 0 Å². The van der Waals surface area contributed by atoms with E-state index in [2.05, 4.69) is 10.6 Å². The molecular weight excluding hydrogens is 362 g/mol. The average Bonchev–Trinajstić information content (AvgIpc) is 2.51. The molecule has 0 radical (unpaired) electrons. The molecule has 10 heteroatoms. The number of hydrogen-bond acceptors (Lipinski definition) is 5. The van der Waals surface area contributed by atoms with Gasteiger partial charge in [0, 0.05) is 19.7 Å². The number of nitrogens with one attached hydrogen (secondary N) is 2. The van der Waals surface area contributed by atoms with E-state index < -0.39 is 34.5 Å². The molecule has 1 rings (SSSR count). The molecule has 0 saturated heterocycles. The Kier molecular flexibility index (Phi) is 7.28. The fraction of sp³-hybridized carbons (Fsp3) is 0.438. The van der Waals surface area contributed by atoms with E-state index in [1.807, 2.05) is 0 Å². The summed E-state index contributed by atoms with van der Waals surface area (Å²) in [6.07, 6.45) is 0. The summed E-state index contributed by atoms with van der Waals surface area (Å²) in [6.45, 7) is 4.08. The lowest BCUT2D eigenvalue weighted by molar-refractivity contribution is -0.143. The maximum Gasteiger partial charge on any atom is 0.326 e. The molecule has 1 aromatic rings. The Morgan fingerprint density at radius 3 is 2.12 bits per heavy atom. The third-order valence-corrected chi connectivity index (χ3v) is 5.32. The van der Waals surface area contributed by atoms with E-state index >= 15 is 0 Å². The van der Waals surface area contributed by atoms with E-state index in [9.17, 15) is 22.8 Å². The van der Waals surface area contributed by atoms with E-state index in [0.29, 0.717) is 5.69 Å². The monoisotopic (exact) mass is 385 g/mol. The van der Waals surface area contributed by atoms with Gasteiger partial charge in [0.2, 0.25) is 21.8 Å². The second-order valence-electron chi connectivity index (χ2n) is 6.09. The van der Waals surface area contributed by atoms with Crippen molar-refractivity contribution in [2.24, 2.45) is 5.92 Å². The van der Waals surface area contributed by atoms with Crippen molar-refractivity contribution in [3.8, 4) is 0 Å². The van der Waals surface area contributed by atoms with Crippen molar-refractivity contribution in [2.75, 3.05) is 18.9 Å². The van der Waals surface area contributed by atoms with E-state index in [1.165, 1.54) is 38.2 Å². The van der Waals surface area contributed by atoms with E-state index in [0.717, 1.165) is 4.31 Å². The third-order valence-electron chi connectivity index (χ3n) is 3.50. The Morgan fingerprint density at radius 2 is 1.69 bits per heavy atom. The number of rotatable bonds is 8. The molecule has 0 unspecified atom stereocenters. The largest absolute Gasteiger partial charge is 0.480 e. The van der Waals surface area contributed by atoms with Gasteiger partial charge in [0.05, 0.1) is 11.4 Å². The van der Waals surface area contributed by atoms with Crippen molar-refractivity contribution in [1.82, 2.24) is 9.62 Å². The zero-order valence-electron chi connectivity index (χ0n) is 15.0. The van der Waals surface area contributed by atoms with Gasteiger partial charge in [-0.3, -0.25) is 9.59 Å². The van der Waals surface area contributed by atoms with Gasteiger partial charge in [-0.25, -0.2) is 13.2 Å². The van der Waals surface area contributed by atoms with Crippen LogP contribution in [0.5, 0.6) is 0 Å². The van der Waals surface area contributed by atoms with Crippen LogP contribution in [-0.2, 0) is 24.4 Å². The van der Waals surface area contributed by atoms with Crippen molar-refractivity contribution < 1.29 is 27.9 Å². The standard InChI is InChI=1S/C16H23N3O6S/c1-10(2)15(16(22)23)18-14(21)9-19(4)26(24,25)13-7-5-12(6-8-13)17-11(3)20/h5-8,10,15H,9H2,1-4H3,(H,17,20)(H,18,21)(H,22,23)/t15-/m1/s1. The van der Waals surface area contributed by atoms with Crippen LogP contribution in [0, 0.1) is 5.92 Å². The predicted molar refractivity (Wildman–Crippen MR) is 95.0 cm³/mol. The van der Waals surface area contributed by atoms with Crippen molar-refractivity contribution >= 4 is 33.5 Å². The predicted octanol–water partition coefficient (Wildman–Crippen LogP) is 0.491. The molecule has 3 N–H and O–H groups in total. The minimum atomic E-state index is -3.94. The molecule has 0 aliphatic rings. The number of likely N-dealkylation sites (N-methyl/N-ethyl adjacent to an activating group) is 1. The highest BCUT2D eigenvalue weighted by molar-refractivity contribution is 7.89. The number of anilines is 1. The molecule has 0 aliphatic carbocycles. The number of carboxylic acids is 1. The van der Waals surface area contributed by atoms with E-state index in [-0.39, 0.29) is 16.7 Å². The number of benzene rings is 1. The fourth-order valence-corrected chi connectivity index (χ4v) is 3.24. The van der Waals surface area contributed by atoms with Crippen LogP contribution in [0.2, 0.25) is 0 Å². The first-order chi connectivity index (χ1) is 11.9. The van der Waals surface area contributed by atoms with Crippen molar-refractivity contribution in [1.29, 1.82) is 0 Å². The van der Waals surface area contributed by atoms with E-state index in [4.69, 9.17) is 5.11 Å². The molecular formula is C16H23N3O6S. The summed E-state index contributed by atoms with van der Waals surface area (Å²) in [4.78, 5) is 34.0. The summed E-state index contributed by atoms with van der Waals surface area (Å²) in [5.74, 6) is -2.54. The van der Waals surface area contributed by atoms with Gasteiger partial charge in [0.1, 0.15) is 6.04 Å². The first kappa shape index (κ1) is 21.6. The Bertz CT molecular complexity index is 774. The summed E-state index contributed by atoms with van der Waals surface area (Å²) in [5, 5.41) is 13.9. The van der Waals surface area contributed by atoms with Gasteiger partial charge in [-0.1, -0.05) is 13.8 Å². The first-order valence-corrected chi connectivity index (χ1v) is 9.25. The SMILES string of the molecule is CC(=O)Nc1ccc(S(=O)(=O)N(C)CC(=O)N[C@@H](C(=O)O)C(C)C)cc1. The second kappa shape index (κ2) is 8.77. The fourth-order valence-electron chi connectivity index (χ4n) is 2.11. The summed E-state index contributed by atoms with van der Waals surface area (Å²) < 4.78 is 25.8. The Morgan fingerprint density at radius 1 is 1.15 bits per heavy atom. The molecule has 0 aromatic heterocycles. The van der Waals surface area contributed by atoms with Gasteiger partial charge in [0.15, 0.2) is 0 Å². The van der Waals surface area contributed by atoms with Gasteiger partial charge in [0.25, 0.3) is 0 Å². The molecule has 0 saturated carbocycles. The zero-order valence-corrected chi connectivity index (χ0v) is 15.8. The minimum absolute atomic E-state index is 0.0550. The Balaban J connectivity index is 2.84. The second-order valence-corrected chi connectivity index (χ2v) is 8.14. The van der Waals surface area contributed by atoms with Crippen molar-refractivity contribution in [2.45, 2.75) is 31.7 Å². The highest BCUT2D eigenvalue weighted by atomic mass is 32.2. The molecule has 144 valence electrons. The summed E-state index contributed by atoms with van der Waals surface area (Å²) in [7, 11) is -2.72. The van der Waals surface area contributed by atoms with Gasteiger partial charge in [-0.2, -0.15) is 4.31 Å². The lowest BCUT2D eigenvalue weighted by Gasteiger charge is -2.21. The lowest BCUT2D eigenvalue weighted by Crippen LogP contribution is -2.48. The van der Waals surface area contributed by atoms with Crippen LogP contribution in [0.15, 0.2) is 29.2 Å². The molecule has 9 nitrogen and oxygen atoms in total. The highest BCUT2D eigenvalue weighted by Crippen LogP contribution is 2.17. The van der Waals surface area contributed by atoms with Gasteiger partial charge in [-0.05, 0) is 30.2 Å². The molecule has 0 aliphatic heterocycles. The molecule has 2 amide bonds. The van der Waals surface area contributed by atoms with Crippen LogP contribution >= 0.6 is 0 Å². The van der Waals surface area contributed by atoms with Crippen molar-refractivity contribution in [3.63, 3.8) is 0 Å². The van der Waals surface area contributed by atoms with Crippen LogP contribution in [0.3, 0.4) is 0 Å². The highest BCUT2D eigenvalue weighted by Gasteiger charge is 2.27. The lowest BCUT2D eigenvalue weighted by atomic mass is 10.1. The number of sulfonamides is 1. The third kappa shape index (κ3) is 5.81. The minimum Gasteiger partial charge on any atom is -0.480 e. The van der Waals surface area contributed by atoms with Crippen LogP contribution in [-0.4, -0.2) is 55.2 Å². The molecule has 1 atom stereocenters. The Labute approximate surface area is 152 Å². The zero-order chi connectivity index (χ0) is 20.1. The maximum atomic E-state index is 12.5. The normalized spacial score (nSPS) is 12.7. The van der Waals surface area contributed by atoms with Gasteiger partial charge < -0.3 is 15.7 Å². The van der Waals surface area contributed by atoms with Crippen LogP contribution in [0.1, 0.15) is 20.8 Å². The summed E-state index contributed by atoms with van der Waals surface area (Å²) in [6, 6.07) is 4.38. The van der Waals surface area contributed by atoms with E-state index in [1.54, 1.807) is 13.8 Å². The average molecular weight is 385 g/mol. The molecule has 0 heterocycles. The van der Waals surface area contributed by atoms with Crippen LogP contribution in [0.25, 0.3) is 0 Å². The summed E-state index contributed by atoms with van der Waals surface area (Å²) >= 11 is 0. The number of carboxylic acid groups (broad SMARTS) is 1. The number of hydrogen-bond donors (Lipinski definition) is 3. The topological polar surface area (TPSA) is 133 Å². The summed E-state index contributed by atoms with van der Waals surface area (Å²) in [5.41, 5.74) is 0.443. The molecule has 0 bridgehead atoms. The van der Waals surface area contributed by atoms with Crippen LogP contribution in [0.4, 0.5) is 5.69 Å².